The molecule has 2 aliphatic rings. The molecule has 8 nitrogen and oxygen atoms in total. The molecule has 0 aliphatic carbocycles. The monoisotopic (exact) mass is 363 g/mol. The molecule has 0 radical (unpaired) electrons. The number of piperazine rings is 1. The van der Waals surface area contributed by atoms with Gasteiger partial charge in [0.15, 0.2) is 5.69 Å². The van der Waals surface area contributed by atoms with Crippen molar-refractivity contribution in [1.82, 2.24) is 24.5 Å². The fourth-order valence-corrected chi connectivity index (χ4v) is 3.38. The molecule has 1 aromatic rings. The Labute approximate surface area is 154 Å². The molecule has 0 atom stereocenters. The highest BCUT2D eigenvalue weighted by atomic mass is 16.6. The highest BCUT2D eigenvalue weighted by Crippen LogP contribution is 2.24. The molecule has 0 bridgehead atoms. The van der Waals surface area contributed by atoms with Crippen LogP contribution in [0.2, 0.25) is 0 Å². The van der Waals surface area contributed by atoms with Crippen LogP contribution in [0.1, 0.15) is 42.5 Å². The number of rotatable bonds is 1. The fourth-order valence-electron chi connectivity index (χ4n) is 3.38. The summed E-state index contributed by atoms with van der Waals surface area (Å²) >= 11 is 0. The van der Waals surface area contributed by atoms with Crippen molar-refractivity contribution in [3.05, 3.63) is 17.0 Å². The Morgan fingerprint density at radius 3 is 2.27 bits per heavy atom. The van der Waals surface area contributed by atoms with Crippen molar-refractivity contribution >= 4 is 12.0 Å². The van der Waals surface area contributed by atoms with Crippen LogP contribution in [0.15, 0.2) is 0 Å². The molecule has 3 rings (SSSR count). The second-order valence-corrected chi connectivity index (χ2v) is 8.14. The molecule has 26 heavy (non-hydrogen) atoms. The first-order chi connectivity index (χ1) is 12.2. The van der Waals surface area contributed by atoms with E-state index in [9.17, 15) is 9.59 Å². The van der Waals surface area contributed by atoms with Crippen LogP contribution in [0.4, 0.5) is 4.79 Å². The number of carbonyl (C=O) groups is 2. The van der Waals surface area contributed by atoms with Crippen LogP contribution >= 0.6 is 0 Å². The van der Waals surface area contributed by atoms with Crippen LogP contribution in [-0.4, -0.2) is 81.9 Å². The van der Waals surface area contributed by atoms with E-state index in [-0.39, 0.29) is 12.0 Å². The molecular formula is C18H29N5O3. The molecule has 1 fully saturated rings. The largest absolute Gasteiger partial charge is 0.444 e. The van der Waals surface area contributed by atoms with Gasteiger partial charge in [-0.3, -0.25) is 9.48 Å². The van der Waals surface area contributed by atoms with Crippen molar-refractivity contribution in [2.24, 2.45) is 7.05 Å². The molecule has 1 saturated heterocycles. The summed E-state index contributed by atoms with van der Waals surface area (Å²) in [4.78, 5) is 31.0. The summed E-state index contributed by atoms with van der Waals surface area (Å²) in [5.41, 5.74) is 1.90. The van der Waals surface area contributed by atoms with E-state index in [1.165, 1.54) is 0 Å². The maximum Gasteiger partial charge on any atom is 0.410 e. The smallest absolute Gasteiger partial charge is 0.410 e. The van der Waals surface area contributed by atoms with E-state index in [4.69, 9.17) is 4.74 Å². The number of hydrogen-bond donors (Lipinski definition) is 0. The van der Waals surface area contributed by atoms with Crippen LogP contribution in [0.25, 0.3) is 0 Å². The van der Waals surface area contributed by atoms with Crippen LogP contribution in [-0.2, 0) is 24.8 Å². The second-order valence-electron chi connectivity index (χ2n) is 8.14. The first-order valence-corrected chi connectivity index (χ1v) is 9.16. The number of likely N-dealkylation sites (N-methyl/N-ethyl adjacent to an activating group) is 1. The fraction of sp³-hybridized carbons (Fsp3) is 0.722. The van der Waals surface area contributed by atoms with Gasteiger partial charge in [0, 0.05) is 45.3 Å². The number of ether oxygens (including phenoxy) is 1. The van der Waals surface area contributed by atoms with Crippen LogP contribution in [0.5, 0.6) is 0 Å². The van der Waals surface area contributed by atoms with Gasteiger partial charge in [0.05, 0.1) is 12.2 Å². The van der Waals surface area contributed by atoms with E-state index in [1.54, 1.807) is 9.58 Å². The summed E-state index contributed by atoms with van der Waals surface area (Å²) in [5, 5.41) is 4.49. The number of aromatic nitrogens is 2. The van der Waals surface area contributed by atoms with Gasteiger partial charge in [0.2, 0.25) is 0 Å². The van der Waals surface area contributed by atoms with Gasteiger partial charge in [0.25, 0.3) is 5.91 Å². The van der Waals surface area contributed by atoms with Gasteiger partial charge < -0.3 is 19.4 Å². The third-order valence-electron chi connectivity index (χ3n) is 4.89. The minimum atomic E-state index is -0.521. The summed E-state index contributed by atoms with van der Waals surface area (Å²) in [7, 11) is 3.90. The van der Waals surface area contributed by atoms with Crippen LogP contribution in [0.3, 0.4) is 0 Å². The first-order valence-electron chi connectivity index (χ1n) is 9.16. The number of fused-ring (bicyclic) bond motifs is 1. The molecule has 0 saturated carbocycles. The zero-order valence-corrected chi connectivity index (χ0v) is 16.4. The number of amides is 2. The maximum atomic E-state index is 12.9. The Morgan fingerprint density at radius 2 is 1.65 bits per heavy atom. The minimum Gasteiger partial charge on any atom is -0.444 e. The number of hydrogen-bond acceptors (Lipinski definition) is 5. The summed E-state index contributed by atoms with van der Waals surface area (Å²) < 4.78 is 7.20. The summed E-state index contributed by atoms with van der Waals surface area (Å²) in [6.07, 6.45) is 0.299. The maximum absolute atomic E-state index is 12.9. The standard InChI is InChI=1S/C18H29N5O3/c1-18(2,3)26-17(25)23-7-6-13-14(12-23)21(5)19-15(13)16(24)22-10-8-20(4)9-11-22/h6-12H2,1-5H3. The van der Waals surface area contributed by atoms with Crippen LogP contribution in [0, 0.1) is 0 Å². The topological polar surface area (TPSA) is 70.9 Å². The normalized spacial score (nSPS) is 18.7. The third kappa shape index (κ3) is 3.85. The lowest BCUT2D eigenvalue weighted by Gasteiger charge is -2.32. The highest BCUT2D eigenvalue weighted by Gasteiger charge is 2.33. The molecule has 144 valence electrons. The number of aryl methyl sites for hydroxylation is 1. The molecule has 2 amide bonds. The lowest BCUT2D eigenvalue weighted by molar-refractivity contribution is 0.0219. The Bertz CT molecular complexity index is 698. The van der Waals surface area contributed by atoms with Crippen molar-refractivity contribution in [2.45, 2.75) is 39.3 Å². The van der Waals surface area contributed by atoms with Gasteiger partial charge in [0.1, 0.15) is 5.60 Å². The lowest BCUT2D eigenvalue weighted by Crippen LogP contribution is -2.47. The number of carbonyl (C=O) groups excluding carboxylic acids is 2. The average molecular weight is 363 g/mol. The van der Waals surface area contributed by atoms with E-state index in [1.807, 2.05) is 32.7 Å². The van der Waals surface area contributed by atoms with E-state index in [0.717, 1.165) is 37.4 Å². The Balaban J connectivity index is 1.75. The average Bonchev–Trinajstić information content (AvgIpc) is 2.90. The Kier molecular flexibility index (Phi) is 4.96. The highest BCUT2D eigenvalue weighted by molar-refractivity contribution is 5.94. The lowest BCUT2D eigenvalue weighted by atomic mass is 10.0. The molecule has 1 aromatic heterocycles. The summed E-state index contributed by atoms with van der Waals surface area (Å²) in [6.45, 7) is 9.75. The van der Waals surface area contributed by atoms with Gasteiger partial charge in [-0.25, -0.2) is 4.79 Å². The molecule has 2 aliphatic heterocycles. The number of nitrogens with zero attached hydrogens (tertiary/aromatic N) is 5. The van der Waals surface area contributed by atoms with Crippen molar-refractivity contribution in [1.29, 1.82) is 0 Å². The zero-order chi connectivity index (χ0) is 19.1. The molecule has 0 N–H and O–H groups in total. The summed E-state index contributed by atoms with van der Waals surface area (Å²) in [6, 6.07) is 0. The predicted octanol–water partition coefficient (Wildman–Crippen LogP) is 1.10. The van der Waals surface area contributed by atoms with E-state index in [2.05, 4.69) is 17.0 Å². The van der Waals surface area contributed by atoms with Gasteiger partial charge >= 0.3 is 6.09 Å². The van der Waals surface area contributed by atoms with Crippen LogP contribution < -0.4 is 0 Å². The Hall–Kier alpha value is -2.09. The van der Waals surface area contributed by atoms with Crippen molar-refractivity contribution in [2.75, 3.05) is 39.8 Å². The second kappa shape index (κ2) is 6.90. The minimum absolute atomic E-state index is 0.000619. The van der Waals surface area contributed by atoms with Crippen molar-refractivity contribution < 1.29 is 14.3 Å². The summed E-state index contributed by atoms with van der Waals surface area (Å²) in [5.74, 6) is 0.000619. The quantitative estimate of drug-likeness (QED) is 0.747. The van der Waals surface area contributed by atoms with Gasteiger partial charge in [-0.1, -0.05) is 0 Å². The SMILES string of the molecule is CN1CCN(C(=O)c2nn(C)c3c2CCN(C(=O)OC(C)(C)C)C3)CC1. The van der Waals surface area contributed by atoms with Crippen molar-refractivity contribution in [3.8, 4) is 0 Å². The van der Waals surface area contributed by atoms with Gasteiger partial charge in [-0.2, -0.15) is 5.10 Å². The third-order valence-corrected chi connectivity index (χ3v) is 4.89. The van der Waals surface area contributed by atoms with Crippen molar-refractivity contribution in [3.63, 3.8) is 0 Å². The van der Waals surface area contributed by atoms with Gasteiger partial charge in [-0.15, -0.1) is 0 Å². The zero-order valence-electron chi connectivity index (χ0n) is 16.4. The first kappa shape index (κ1) is 18.7. The van der Waals surface area contributed by atoms with E-state index < -0.39 is 5.60 Å². The Morgan fingerprint density at radius 1 is 1.00 bits per heavy atom. The van der Waals surface area contributed by atoms with Gasteiger partial charge in [-0.05, 0) is 34.2 Å². The molecular weight excluding hydrogens is 334 g/mol. The molecule has 3 heterocycles. The van der Waals surface area contributed by atoms with E-state index >= 15 is 0 Å². The molecule has 0 aromatic carbocycles. The predicted molar refractivity (Wildman–Crippen MR) is 97.0 cm³/mol. The molecule has 8 heteroatoms. The van der Waals surface area contributed by atoms with E-state index in [0.29, 0.717) is 25.2 Å². The molecule has 0 spiro atoms. The molecule has 0 unspecified atom stereocenters.